The molecular weight excluding hydrogens is 386 g/mol. The number of carbonyl (C=O) groups excluding carboxylic acids is 1. The van der Waals surface area contributed by atoms with Gasteiger partial charge in [-0.05, 0) is 48.4 Å². The molecule has 29 heavy (non-hydrogen) atoms. The minimum Gasteiger partial charge on any atom is -0.326 e. The van der Waals surface area contributed by atoms with Crippen molar-refractivity contribution in [2.75, 3.05) is 23.1 Å². The highest BCUT2D eigenvalue weighted by Gasteiger charge is 2.25. The lowest BCUT2D eigenvalue weighted by molar-refractivity contribution is -0.123. The van der Waals surface area contributed by atoms with Crippen LogP contribution in [0.3, 0.4) is 0 Å². The van der Waals surface area contributed by atoms with E-state index in [2.05, 4.69) is 21.9 Å². The number of likely N-dealkylation sites (N-methyl/N-ethyl adjacent to an activating group) is 1. The molecule has 1 aliphatic heterocycles. The maximum atomic E-state index is 13.1. The van der Waals surface area contributed by atoms with E-state index in [1.165, 1.54) is 0 Å². The van der Waals surface area contributed by atoms with Crippen LogP contribution in [0.4, 0.5) is 11.4 Å². The van der Waals surface area contributed by atoms with Crippen LogP contribution < -0.4 is 10.0 Å². The van der Waals surface area contributed by atoms with Gasteiger partial charge in [-0.2, -0.15) is 0 Å². The normalized spacial score (nSPS) is 14.9. The van der Waals surface area contributed by atoms with E-state index >= 15 is 0 Å². The third kappa shape index (κ3) is 4.97. The molecule has 3 rings (SSSR count). The molecule has 0 unspecified atom stereocenters. The minimum atomic E-state index is -3.75. The summed E-state index contributed by atoms with van der Waals surface area (Å²) in [5.74, 6) is -0.130. The molecule has 0 saturated heterocycles. The van der Waals surface area contributed by atoms with Crippen LogP contribution in [-0.2, 0) is 27.8 Å². The average Bonchev–Trinajstić information content (AvgIpc) is 2.66. The van der Waals surface area contributed by atoms with Crippen molar-refractivity contribution >= 4 is 27.3 Å². The lowest BCUT2D eigenvalue weighted by Gasteiger charge is -2.29. The Morgan fingerprint density at radius 2 is 1.79 bits per heavy atom. The molecule has 6 nitrogen and oxygen atoms in total. The van der Waals surface area contributed by atoms with E-state index in [0.29, 0.717) is 22.8 Å². The van der Waals surface area contributed by atoms with Crippen molar-refractivity contribution in [1.29, 1.82) is 0 Å². The number of nitrogens with one attached hydrogen (secondary N) is 2. The van der Waals surface area contributed by atoms with Gasteiger partial charge in [-0.3, -0.25) is 14.4 Å². The van der Waals surface area contributed by atoms with Gasteiger partial charge >= 0.3 is 0 Å². The molecule has 2 aromatic rings. The minimum absolute atomic E-state index is 0.130. The van der Waals surface area contributed by atoms with Crippen molar-refractivity contribution < 1.29 is 13.2 Å². The van der Waals surface area contributed by atoms with Gasteiger partial charge in [-0.25, -0.2) is 8.42 Å². The van der Waals surface area contributed by atoms with Crippen LogP contribution >= 0.6 is 0 Å². The first-order chi connectivity index (χ1) is 13.6. The van der Waals surface area contributed by atoms with Crippen molar-refractivity contribution in [3.63, 3.8) is 0 Å². The Balaban J connectivity index is 1.86. The van der Waals surface area contributed by atoms with E-state index in [0.717, 1.165) is 30.6 Å². The molecule has 0 aromatic heterocycles. The van der Waals surface area contributed by atoms with Crippen molar-refractivity contribution in [3.05, 3.63) is 53.6 Å². The smallest absolute Gasteiger partial charge is 0.262 e. The van der Waals surface area contributed by atoms with E-state index in [1.807, 2.05) is 26.8 Å². The standard InChI is InChI=1S/C22H29N3O3S/c1-5-25-13-12-16-8-6-11-20(19(16)15-25)29(27,28)24-18-10-7-9-17(14-18)23-21(26)22(2,3)4/h6-11,14,24H,5,12-13,15H2,1-4H3,(H,23,26). The van der Waals surface area contributed by atoms with E-state index in [9.17, 15) is 13.2 Å². The summed E-state index contributed by atoms with van der Waals surface area (Å²) in [6.07, 6.45) is 0.848. The van der Waals surface area contributed by atoms with Crippen LogP contribution in [0.5, 0.6) is 0 Å². The van der Waals surface area contributed by atoms with Gasteiger partial charge in [0.1, 0.15) is 0 Å². The zero-order valence-corrected chi connectivity index (χ0v) is 18.3. The molecule has 0 aliphatic carbocycles. The molecule has 0 radical (unpaired) electrons. The van der Waals surface area contributed by atoms with Crippen LogP contribution in [0.25, 0.3) is 0 Å². The summed E-state index contributed by atoms with van der Waals surface area (Å²) in [4.78, 5) is 14.8. The Labute approximate surface area is 173 Å². The maximum absolute atomic E-state index is 13.1. The number of rotatable bonds is 5. The molecule has 0 spiro atoms. The first-order valence-electron chi connectivity index (χ1n) is 9.87. The monoisotopic (exact) mass is 415 g/mol. The zero-order valence-electron chi connectivity index (χ0n) is 17.5. The molecule has 0 bridgehead atoms. The number of benzene rings is 2. The van der Waals surface area contributed by atoms with Gasteiger partial charge in [-0.15, -0.1) is 0 Å². The predicted molar refractivity (Wildman–Crippen MR) is 116 cm³/mol. The fourth-order valence-corrected chi connectivity index (χ4v) is 4.64. The maximum Gasteiger partial charge on any atom is 0.262 e. The third-order valence-electron chi connectivity index (χ3n) is 5.10. The topological polar surface area (TPSA) is 78.5 Å². The van der Waals surface area contributed by atoms with E-state index in [4.69, 9.17) is 0 Å². The second-order valence-electron chi connectivity index (χ2n) is 8.40. The van der Waals surface area contributed by atoms with Gasteiger partial charge in [0, 0.05) is 24.2 Å². The molecule has 1 aliphatic rings. The SMILES string of the molecule is CCN1CCc2cccc(S(=O)(=O)Nc3cccc(NC(=O)C(C)(C)C)c3)c2C1. The number of fused-ring (bicyclic) bond motifs is 1. The zero-order chi connectivity index (χ0) is 21.2. The second kappa shape index (κ2) is 8.16. The van der Waals surface area contributed by atoms with Gasteiger partial charge in [0.2, 0.25) is 5.91 Å². The van der Waals surface area contributed by atoms with Gasteiger partial charge in [0.05, 0.1) is 10.6 Å². The summed E-state index contributed by atoms with van der Waals surface area (Å²) in [6.45, 7) is 10.0. The number of anilines is 2. The van der Waals surface area contributed by atoms with Gasteiger partial charge in [0.25, 0.3) is 10.0 Å². The summed E-state index contributed by atoms with van der Waals surface area (Å²) in [7, 11) is -3.75. The Morgan fingerprint density at radius 3 is 2.48 bits per heavy atom. The number of nitrogens with zero attached hydrogens (tertiary/aromatic N) is 1. The van der Waals surface area contributed by atoms with E-state index in [1.54, 1.807) is 36.4 Å². The highest BCUT2D eigenvalue weighted by Crippen LogP contribution is 2.28. The summed E-state index contributed by atoms with van der Waals surface area (Å²) in [5.41, 5.74) is 2.38. The highest BCUT2D eigenvalue weighted by molar-refractivity contribution is 7.92. The molecule has 7 heteroatoms. The average molecular weight is 416 g/mol. The van der Waals surface area contributed by atoms with E-state index < -0.39 is 15.4 Å². The first-order valence-corrected chi connectivity index (χ1v) is 11.4. The number of carbonyl (C=O) groups is 1. The second-order valence-corrected chi connectivity index (χ2v) is 10.1. The molecular formula is C22H29N3O3S. The van der Waals surface area contributed by atoms with Crippen LogP contribution in [0.15, 0.2) is 47.4 Å². The quantitative estimate of drug-likeness (QED) is 0.777. The number of sulfonamides is 1. The van der Waals surface area contributed by atoms with E-state index in [-0.39, 0.29) is 5.91 Å². The first kappa shape index (κ1) is 21.3. The summed E-state index contributed by atoms with van der Waals surface area (Å²) in [5, 5.41) is 2.83. The van der Waals surface area contributed by atoms with Crippen molar-refractivity contribution in [2.45, 2.75) is 45.6 Å². The van der Waals surface area contributed by atoms with Crippen molar-refractivity contribution in [3.8, 4) is 0 Å². The van der Waals surface area contributed by atoms with Crippen molar-refractivity contribution in [2.24, 2.45) is 5.41 Å². The Kier molecular flexibility index (Phi) is 6.00. The predicted octanol–water partition coefficient (Wildman–Crippen LogP) is 3.85. The molecule has 2 aromatic carbocycles. The van der Waals surface area contributed by atoms with Crippen LogP contribution in [0, 0.1) is 5.41 Å². The molecule has 2 N–H and O–H groups in total. The molecule has 0 atom stereocenters. The summed E-state index contributed by atoms with van der Waals surface area (Å²) >= 11 is 0. The summed E-state index contributed by atoms with van der Waals surface area (Å²) < 4.78 is 29.0. The molecule has 0 saturated carbocycles. The molecule has 156 valence electrons. The summed E-state index contributed by atoms with van der Waals surface area (Å²) in [6, 6.07) is 12.2. The largest absolute Gasteiger partial charge is 0.326 e. The van der Waals surface area contributed by atoms with Crippen LogP contribution in [-0.4, -0.2) is 32.3 Å². The number of amides is 1. The fourth-order valence-electron chi connectivity index (χ4n) is 3.32. The fraction of sp³-hybridized carbons (Fsp3) is 0.409. The van der Waals surface area contributed by atoms with Gasteiger partial charge < -0.3 is 5.32 Å². The lowest BCUT2D eigenvalue weighted by atomic mass is 9.95. The molecule has 1 amide bonds. The van der Waals surface area contributed by atoms with Crippen LogP contribution in [0.2, 0.25) is 0 Å². The third-order valence-corrected chi connectivity index (χ3v) is 6.57. The Hall–Kier alpha value is -2.38. The molecule has 0 fully saturated rings. The van der Waals surface area contributed by atoms with Crippen molar-refractivity contribution in [1.82, 2.24) is 4.90 Å². The Morgan fingerprint density at radius 1 is 1.10 bits per heavy atom. The lowest BCUT2D eigenvalue weighted by Crippen LogP contribution is -2.32. The van der Waals surface area contributed by atoms with Gasteiger partial charge in [-0.1, -0.05) is 45.9 Å². The molecule has 1 heterocycles. The number of hydrogen-bond donors (Lipinski definition) is 2. The Bertz CT molecular complexity index is 1010. The highest BCUT2D eigenvalue weighted by atomic mass is 32.2. The van der Waals surface area contributed by atoms with Gasteiger partial charge in [0.15, 0.2) is 0 Å². The number of hydrogen-bond acceptors (Lipinski definition) is 4. The van der Waals surface area contributed by atoms with Crippen LogP contribution in [0.1, 0.15) is 38.8 Å².